The molecule has 1 N–H and O–H groups in total. The van der Waals surface area contributed by atoms with Crippen LogP contribution in [0.25, 0.3) is 10.9 Å². The second kappa shape index (κ2) is 5.29. The smallest absolute Gasteiger partial charge is 0.256 e. The van der Waals surface area contributed by atoms with E-state index in [4.69, 9.17) is 0 Å². The van der Waals surface area contributed by atoms with Crippen LogP contribution in [-0.2, 0) is 7.05 Å². The number of hydrogen-bond donors (Lipinski definition) is 1. The topological polar surface area (TPSA) is 45.5 Å². The summed E-state index contributed by atoms with van der Waals surface area (Å²) < 4.78 is 2.00. The zero-order valence-corrected chi connectivity index (χ0v) is 11.7. The highest BCUT2D eigenvalue weighted by atomic mass is 16.3. The summed E-state index contributed by atoms with van der Waals surface area (Å²) >= 11 is 0. The number of likely N-dealkylation sites (tertiary alicyclic amines) is 1. The van der Waals surface area contributed by atoms with Crippen molar-refractivity contribution in [2.45, 2.75) is 12.8 Å². The fourth-order valence-corrected chi connectivity index (χ4v) is 3.08. The van der Waals surface area contributed by atoms with Gasteiger partial charge in [0.25, 0.3) is 5.91 Å². The molecule has 0 saturated carbocycles. The molecule has 2 heterocycles. The van der Waals surface area contributed by atoms with Crippen molar-refractivity contribution < 1.29 is 9.90 Å². The Kier molecular flexibility index (Phi) is 3.49. The van der Waals surface area contributed by atoms with Gasteiger partial charge in [0.05, 0.1) is 5.56 Å². The number of fused-ring (bicyclic) bond motifs is 1. The molecule has 1 unspecified atom stereocenters. The normalized spacial score (nSPS) is 19.5. The van der Waals surface area contributed by atoms with Crippen LogP contribution in [0, 0.1) is 5.92 Å². The van der Waals surface area contributed by atoms with Gasteiger partial charge in [-0.2, -0.15) is 0 Å². The van der Waals surface area contributed by atoms with Crippen molar-refractivity contribution in [3.05, 3.63) is 36.0 Å². The van der Waals surface area contributed by atoms with Crippen LogP contribution in [0.1, 0.15) is 23.2 Å². The Morgan fingerprint density at radius 2 is 2.20 bits per heavy atom. The molecule has 1 aromatic heterocycles. The van der Waals surface area contributed by atoms with Crippen LogP contribution in [0.15, 0.2) is 30.5 Å². The number of piperidine rings is 1. The van der Waals surface area contributed by atoms with E-state index in [1.165, 1.54) is 0 Å². The largest absolute Gasteiger partial charge is 0.396 e. The maximum Gasteiger partial charge on any atom is 0.256 e. The second-order valence-corrected chi connectivity index (χ2v) is 5.61. The van der Waals surface area contributed by atoms with Crippen LogP contribution < -0.4 is 0 Å². The van der Waals surface area contributed by atoms with E-state index in [1.54, 1.807) is 0 Å². The number of carbonyl (C=O) groups is 1. The fourth-order valence-electron chi connectivity index (χ4n) is 3.08. The highest BCUT2D eigenvalue weighted by Crippen LogP contribution is 2.24. The van der Waals surface area contributed by atoms with Crippen LogP contribution in [0.2, 0.25) is 0 Å². The summed E-state index contributed by atoms with van der Waals surface area (Å²) in [5.41, 5.74) is 1.84. The molecule has 1 aliphatic rings. The van der Waals surface area contributed by atoms with Gasteiger partial charge in [-0.15, -0.1) is 0 Å². The molecule has 0 bridgehead atoms. The summed E-state index contributed by atoms with van der Waals surface area (Å²) in [5, 5.41) is 10.3. The first-order valence-electron chi connectivity index (χ1n) is 7.15. The molecule has 20 heavy (non-hydrogen) atoms. The lowest BCUT2D eigenvalue weighted by atomic mass is 9.98. The zero-order chi connectivity index (χ0) is 14.1. The van der Waals surface area contributed by atoms with Gasteiger partial charge in [-0.25, -0.2) is 0 Å². The minimum absolute atomic E-state index is 0.0833. The van der Waals surface area contributed by atoms with E-state index in [0.29, 0.717) is 6.54 Å². The Balaban J connectivity index is 1.92. The van der Waals surface area contributed by atoms with E-state index < -0.39 is 0 Å². The Morgan fingerprint density at radius 1 is 1.40 bits per heavy atom. The van der Waals surface area contributed by atoms with Crippen molar-refractivity contribution in [2.24, 2.45) is 13.0 Å². The number of amides is 1. The Hall–Kier alpha value is -1.81. The average Bonchev–Trinajstić information content (AvgIpc) is 2.84. The van der Waals surface area contributed by atoms with Crippen molar-refractivity contribution in [3.8, 4) is 0 Å². The molecule has 1 amide bonds. The molecular weight excluding hydrogens is 252 g/mol. The fraction of sp³-hybridized carbons (Fsp3) is 0.438. The number of para-hydroxylation sites is 1. The monoisotopic (exact) mass is 272 g/mol. The molecule has 3 rings (SSSR count). The lowest BCUT2D eigenvalue weighted by Gasteiger charge is -2.31. The molecule has 106 valence electrons. The van der Waals surface area contributed by atoms with Crippen molar-refractivity contribution in [2.75, 3.05) is 19.7 Å². The number of aliphatic hydroxyl groups is 1. The maximum atomic E-state index is 12.7. The van der Waals surface area contributed by atoms with Crippen LogP contribution >= 0.6 is 0 Å². The van der Waals surface area contributed by atoms with Crippen LogP contribution in [0.4, 0.5) is 0 Å². The maximum absolute atomic E-state index is 12.7. The highest BCUT2D eigenvalue weighted by molar-refractivity contribution is 6.07. The molecule has 1 aliphatic heterocycles. The predicted molar refractivity (Wildman–Crippen MR) is 78.6 cm³/mol. The number of carbonyl (C=O) groups excluding carboxylic acids is 1. The molecule has 1 fully saturated rings. The van der Waals surface area contributed by atoms with Gasteiger partial charge in [0.2, 0.25) is 0 Å². The number of aryl methyl sites for hydroxylation is 1. The summed E-state index contributed by atoms with van der Waals surface area (Å²) in [6, 6.07) is 7.97. The lowest BCUT2D eigenvalue weighted by Crippen LogP contribution is -2.40. The van der Waals surface area contributed by atoms with Crippen molar-refractivity contribution in [1.29, 1.82) is 0 Å². The van der Waals surface area contributed by atoms with Gasteiger partial charge in [-0.05, 0) is 24.8 Å². The standard InChI is InChI=1S/C16H20N2O2/c1-17-10-14(13-6-2-3-7-15(13)17)16(20)18-8-4-5-12(9-18)11-19/h2-3,6-7,10,12,19H,4-5,8-9,11H2,1H3. The van der Waals surface area contributed by atoms with Gasteiger partial charge in [-0.1, -0.05) is 18.2 Å². The first kappa shape index (κ1) is 13.2. The Labute approximate surface area is 118 Å². The predicted octanol–water partition coefficient (Wildman–Crippen LogP) is 2.02. The van der Waals surface area contributed by atoms with Crippen LogP contribution in [0.5, 0.6) is 0 Å². The van der Waals surface area contributed by atoms with E-state index in [2.05, 4.69) is 0 Å². The first-order valence-corrected chi connectivity index (χ1v) is 7.15. The minimum Gasteiger partial charge on any atom is -0.396 e. The molecule has 0 radical (unpaired) electrons. The van der Waals surface area contributed by atoms with Crippen molar-refractivity contribution in [3.63, 3.8) is 0 Å². The van der Waals surface area contributed by atoms with Crippen molar-refractivity contribution in [1.82, 2.24) is 9.47 Å². The van der Waals surface area contributed by atoms with Gasteiger partial charge >= 0.3 is 0 Å². The van der Waals surface area contributed by atoms with Gasteiger partial charge in [0.15, 0.2) is 0 Å². The first-order chi connectivity index (χ1) is 9.70. The third-order valence-corrected chi connectivity index (χ3v) is 4.19. The van der Waals surface area contributed by atoms with Crippen LogP contribution in [-0.4, -0.2) is 40.2 Å². The van der Waals surface area contributed by atoms with Gasteiger partial charge in [-0.3, -0.25) is 4.79 Å². The summed E-state index contributed by atoms with van der Waals surface area (Å²) in [4.78, 5) is 14.6. The van der Waals surface area contributed by atoms with Gasteiger partial charge in [0, 0.05) is 43.8 Å². The number of hydrogen-bond acceptors (Lipinski definition) is 2. The van der Waals surface area contributed by atoms with E-state index in [0.717, 1.165) is 35.9 Å². The molecule has 1 atom stereocenters. The minimum atomic E-state index is 0.0833. The second-order valence-electron chi connectivity index (χ2n) is 5.61. The molecule has 2 aromatic rings. The molecule has 1 saturated heterocycles. The highest BCUT2D eigenvalue weighted by Gasteiger charge is 2.25. The summed E-state index contributed by atoms with van der Waals surface area (Å²) in [6.07, 6.45) is 3.90. The molecule has 4 heteroatoms. The summed E-state index contributed by atoms with van der Waals surface area (Å²) in [6.45, 7) is 1.62. The lowest BCUT2D eigenvalue weighted by molar-refractivity contribution is 0.0622. The van der Waals surface area contributed by atoms with Crippen LogP contribution in [0.3, 0.4) is 0 Å². The SMILES string of the molecule is Cn1cc(C(=O)N2CCCC(CO)C2)c2ccccc21. The number of nitrogens with zero attached hydrogens (tertiary/aromatic N) is 2. The molecule has 1 aromatic carbocycles. The molecule has 4 nitrogen and oxygen atoms in total. The number of aromatic nitrogens is 1. The van der Waals surface area contributed by atoms with E-state index >= 15 is 0 Å². The van der Waals surface area contributed by atoms with E-state index in [-0.39, 0.29) is 18.4 Å². The average molecular weight is 272 g/mol. The summed E-state index contributed by atoms with van der Waals surface area (Å²) in [7, 11) is 1.96. The Bertz CT molecular complexity index is 632. The summed E-state index contributed by atoms with van der Waals surface area (Å²) in [5.74, 6) is 0.308. The zero-order valence-electron chi connectivity index (χ0n) is 11.7. The molecular formula is C16H20N2O2. The molecule has 0 aliphatic carbocycles. The van der Waals surface area contributed by atoms with Crippen molar-refractivity contribution >= 4 is 16.8 Å². The third-order valence-electron chi connectivity index (χ3n) is 4.19. The van der Waals surface area contributed by atoms with E-state index in [9.17, 15) is 9.90 Å². The number of rotatable bonds is 2. The number of aliphatic hydroxyl groups excluding tert-OH is 1. The van der Waals surface area contributed by atoms with E-state index in [1.807, 2.05) is 47.0 Å². The molecule has 0 spiro atoms. The van der Waals surface area contributed by atoms with Gasteiger partial charge in [0.1, 0.15) is 0 Å². The Morgan fingerprint density at radius 3 is 3.00 bits per heavy atom. The number of benzene rings is 1. The quantitative estimate of drug-likeness (QED) is 0.909. The van der Waals surface area contributed by atoms with Gasteiger partial charge < -0.3 is 14.6 Å². The third kappa shape index (κ3) is 2.20.